The highest BCUT2D eigenvalue weighted by molar-refractivity contribution is 5.21. The molecule has 0 bridgehead atoms. The summed E-state index contributed by atoms with van der Waals surface area (Å²) in [6, 6.07) is 0. The van der Waals surface area contributed by atoms with Gasteiger partial charge in [0, 0.05) is 0 Å². The number of hydrogen-bond acceptors (Lipinski definition) is 1. The molecule has 7 heteroatoms. The van der Waals surface area contributed by atoms with Crippen LogP contribution in [0.4, 0.5) is 26.3 Å². The van der Waals surface area contributed by atoms with Crippen molar-refractivity contribution in [2.24, 2.45) is 0 Å². The summed E-state index contributed by atoms with van der Waals surface area (Å²) in [6.45, 7) is -0.655. The Kier molecular flexibility index (Phi) is 3.43. The summed E-state index contributed by atoms with van der Waals surface area (Å²) in [4.78, 5) is 0. The highest BCUT2D eigenvalue weighted by atomic mass is 19.2. The minimum atomic E-state index is -2.80. The van der Waals surface area contributed by atoms with Crippen molar-refractivity contribution in [1.82, 2.24) is 0 Å². The zero-order chi connectivity index (χ0) is 11.6. The van der Waals surface area contributed by atoms with Crippen molar-refractivity contribution in [3.8, 4) is 0 Å². The fraction of sp³-hybridized carbons (Fsp3) is 0.500. The highest BCUT2D eigenvalue weighted by Gasteiger charge is 2.62. The lowest BCUT2D eigenvalue weighted by Crippen LogP contribution is -2.37. The molecule has 2 unspecified atom stereocenters. The fourth-order valence-corrected chi connectivity index (χ4v) is 1.08. The smallest absolute Gasteiger partial charge is 0.188 e. The molecule has 15 heavy (non-hydrogen) atoms. The molecule has 0 spiro atoms. The first-order valence-corrected chi connectivity index (χ1v) is 3.83. The van der Waals surface area contributed by atoms with Crippen molar-refractivity contribution in [3.05, 3.63) is 24.3 Å². The topological polar surface area (TPSA) is 12.5 Å². The molecule has 0 N–H and O–H groups in total. The van der Waals surface area contributed by atoms with E-state index in [1.807, 2.05) is 0 Å². The highest BCUT2D eigenvalue weighted by Crippen LogP contribution is 2.44. The van der Waals surface area contributed by atoms with Gasteiger partial charge in [-0.05, 0) is 0 Å². The third-order valence-electron chi connectivity index (χ3n) is 2.03. The van der Waals surface area contributed by atoms with Crippen LogP contribution in [0.3, 0.4) is 0 Å². The van der Waals surface area contributed by atoms with Gasteiger partial charge in [-0.2, -0.15) is 0 Å². The van der Waals surface area contributed by atoms with Gasteiger partial charge in [-0.1, -0.05) is 0 Å². The third-order valence-corrected chi connectivity index (χ3v) is 2.03. The first-order chi connectivity index (χ1) is 6.99. The average molecular weight is 232 g/mol. The maximum atomic E-state index is 13.0. The normalized spacial score (nSPS) is 31.3. The number of ether oxygens (including phenoxy) is 1. The van der Waals surface area contributed by atoms with E-state index in [9.17, 15) is 26.3 Å². The summed E-state index contributed by atoms with van der Waals surface area (Å²) in [5.41, 5.74) is -2.49. The third kappa shape index (κ3) is 2.01. The molecule has 1 saturated heterocycles. The zero-order valence-corrected chi connectivity index (χ0v) is 7.19. The second-order valence-electron chi connectivity index (χ2n) is 2.96. The van der Waals surface area contributed by atoms with Crippen molar-refractivity contribution in [1.29, 1.82) is 0 Å². The molecule has 0 aliphatic carbocycles. The lowest BCUT2D eigenvalue weighted by Gasteiger charge is -2.17. The van der Waals surface area contributed by atoms with E-state index >= 15 is 0 Å². The molecule has 1 nitrogen and oxygen atoms in total. The minimum Gasteiger partial charge on any atom is -0.362 e. The van der Waals surface area contributed by atoms with Gasteiger partial charge in [-0.15, -0.1) is 0 Å². The number of hydrogen-bond donors (Lipinski definition) is 0. The first kappa shape index (κ1) is 12.1. The van der Waals surface area contributed by atoms with Gasteiger partial charge >= 0.3 is 0 Å². The van der Waals surface area contributed by atoms with Crippen LogP contribution in [-0.4, -0.2) is 24.6 Å². The molecule has 1 aliphatic rings. The van der Waals surface area contributed by atoms with Crippen LogP contribution >= 0.6 is 0 Å². The van der Waals surface area contributed by atoms with Gasteiger partial charge in [-0.25, -0.2) is 26.3 Å². The van der Waals surface area contributed by atoms with Crippen molar-refractivity contribution in [3.63, 3.8) is 0 Å². The monoisotopic (exact) mass is 232 g/mol. The molecule has 0 aromatic heterocycles. The van der Waals surface area contributed by atoms with E-state index in [1.165, 1.54) is 0 Å². The second kappa shape index (κ2) is 4.26. The van der Waals surface area contributed by atoms with Crippen LogP contribution in [0.5, 0.6) is 0 Å². The molecule has 86 valence electrons. The number of rotatable bonds is 4. The zero-order valence-electron chi connectivity index (χ0n) is 7.19. The predicted molar refractivity (Wildman–Crippen MR) is 39.1 cm³/mol. The molecule has 0 radical (unpaired) electrons. The van der Waals surface area contributed by atoms with Gasteiger partial charge in [-0.3, -0.25) is 0 Å². The lowest BCUT2D eigenvalue weighted by molar-refractivity contribution is 0.0880. The van der Waals surface area contributed by atoms with E-state index in [4.69, 9.17) is 0 Å². The molecule has 1 heterocycles. The summed E-state index contributed by atoms with van der Waals surface area (Å²) in [6.07, 6.45) is -7.05. The van der Waals surface area contributed by atoms with E-state index in [-0.39, 0.29) is 0 Å². The summed E-state index contributed by atoms with van der Waals surface area (Å²) >= 11 is 0. The van der Waals surface area contributed by atoms with E-state index in [0.29, 0.717) is 0 Å². The Labute approximate surface area is 81.0 Å². The molecule has 2 atom stereocenters. The fourth-order valence-electron chi connectivity index (χ4n) is 1.08. The maximum Gasteiger partial charge on any atom is 0.188 e. The Morgan fingerprint density at radius 3 is 1.60 bits per heavy atom. The van der Waals surface area contributed by atoms with E-state index in [1.54, 1.807) is 0 Å². The SMILES string of the molecule is FC=C(F)C(F)C1(C(F)C(F)=CF)CO1. The molecule has 0 aromatic carbocycles. The van der Waals surface area contributed by atoms with E-state index < -0.39 is 48.9 Å². The molecule has 0 saturated carbocycles. The largest absolute Gasteiger partial charge is 0.362 e. The average Bonchev–Trinajstić information content (AvgIpc) is 3.06. The van der Waals surface area contributed by atoms with E-state index in [0.717, 1.165) is 0 Å². The Hall–Kier alpha value is -0.980. The number of halogens is 6. The Morgan fingerprint density at radius 2 is 1.40 bits per heavy atom. The van der Waals surface area contributed by atoms with Gasteiger partial charge < -0.3 is 4.74 Å². The molecule has 1 rings (SSSR count). The Bertz CT molecular complexity index is 270. The first-order valence-electron chi connectivity index (χ1n) is 3.83. The second-order valence-corrected chi connectivity index (χ2v) is 2.96. The van der Waals surface area contributed by atoms with Crippen molar-refractivity contribution in [2.75, 3.05) is 6.61 Å². The molecular weight excluding hydrogens is 226 g/mol. The maximum absolute atomic E-state index is 13.0. The van der Waals surface area contributed by atoms with Crippen LogP contribution in [0.2, 0.25) is 0 Å². The van der Waals surface area contributed by atoms with Gasteiger partial charge in [0.15, 0.2) is 29.6 Å². The van der Waals surface area contributed by atoms with Crippen LogP contribution in [0.1, 0.15) is 0 Å². The Balaban J connectivity index is 2.84. The lowest BCUT2D eigenvalue weighted by atomic mass is 9.97. The van der Waals surface area contributed by atoms with Crippen LogP contribution < -0.4 is 0 Å². The van der Waals surface area contributed by atoms with Crippen molar-refractivity contribution >= 4 is 0 Å². The van der Waals surface area contributed by atoms with Gasteiger partial charge in [0.1, 0.15) is 12.7 Å². The molecular formula is C8H6F6O. The van der Waals surface area contributed by atoms with Crippen LogP contribution in [0.15, 0.2) is 24.3 Å². The molecule has 0 aromatic rings. The summed E-state index contributed by atoms with van der Waals surface area (Å²) in [5.74, 6) is -3.86. The minimum absolute atomic E-state index is 0.655. The quantitative estimate of drug-likeness (QED) is 0.536. The van der Waals surface area contributed by atoms with Crippen molar-refractivity contribution < 1.29 is 31.1 Å². The van der Waals surface area contributed by atoms with Crippen LogP contribution in [0.25, 0.3) is 0 Å². The number of alkyl halides is 2. The van der Waals surface area contributed by atoms with Crippen molar-refractivity contribution in [2.45, 2.75) is 17.9 Å². The predicted octanol–water partition coefficient (Wildman–Crippen LogP) is 2.99. The van der Waals surface area contributed by atoms with Gasteiger partial charge in [0.25, 0.3) is 0 Å². The Morgan fingerprint density at radius 1 is 1.07 bits per heavy atom. The summed E-state index contributed by atoms with van der Waals surface area (Å²) in [5, 5.41) is 0. The number of epoxide rings is 1. The van der Waals surface area contributed by atoms with Gasteiger partial charge in [0.2, 0.25) is 0 Å². The van der Waals surface area contributed by atoms with E-state index in [2.05, 4.69) is 4.74 Å². The standard InChI is InChI=1S/C8H6F6O/c9-1-4(11)6(13)8(3-15-8)7(14)5(12)2-10/h1-2,6-7H,3H2. The van der Waals surface area contributed by atoms with Crippen LogP contribution in [0, 0.1) is 0 Å². The summed E-state index contributed by atoms with van der Waals surface area (Å²) in [7, 11) is 0. The molecule has 0 amide bonds. The van der Waals surface area contributed by atoms with Gasteiger partial charge in [0.05, 0.1) is 6.61 Å². The molecule has 1 aliphatic heterocycles. The summed E-state index contributed by atoms with van der Waals surface area (Å²) < 4.78 is 78.3. The molecule has 1 fully saturated rings. The van der Waals surface area contributed by atoms with Crippen LogP contribution in [-0.2, 0) is 4.74 Å².